The topological polar surface area (TPSA) is 52.6 Å². The van der Waals surface area contributed by atoms with Crippen molar-refractivity contribution >= 4 is 11.9 Å². The molecule has 4 rings (SSSR count). The van der Waals surface area contributed by atoms with Crippen molar-refractivity contribution in [2.45, 2.75) is 120 Å². The van der Waals surface area contributed by atoms with Gasteiger partial charge in [0.25, 0.3) is 0 Å². The van der Waals surface area contributed by atoms with Crippen LogP contribution in [0.2, 0.25) is 0 Å². The van der Waals surface area contributed by atoms with E-state index in [4.69, 9.17) is 0 Å². The Kier molecular flexibility index (Phi) is 8.55. The van der Waals surface area contributed by atoms with Gasteiger partial charge in [0.15, 0.2) is 0 Å². The molecular formula is C27H30F14O4. The monoisotopic (exact) mass is 684 g/mol. The van der Waals surface area contributed by atoms with E-state index in [0.717, 1.165) is 0 Å². The molecule has 3 unspecified atom stereocenters. The number of carbonyl (C=O) groups excluding carboxylic acids is 2. The third-order valence-corrected chi connectivity index (χ3v) is 11.1. The molecule has 4 aliphatic rings. The molecule has 0 aromatic heterocycles. The summed E-state index contributed by atoms with van der Waals surface area (Å²) in [6.45, 7) is 3.45. The van der Waals surface area contributed by atoms with E-state index in [1.54, 1.807) is 6.92 Å². The number of rotatable bonds is 6. The van der Waals surface area contributed by atoms with E-state index >= 15 is 0 Å². The highest BCUT2D eigenvalue weighted by Crippen LogP contribution is 2.67. The summed E-state index contributed by atoms with van der Waals surface area (Å²) in [5.74, 6) is -32.5. The molecule has 0 aliphatic heterocycles. The first kappa shape index (κ1) is 35.8. The molecule has 0 heterocycles. The Morgan fingerprint density at radius 2 is 1.04 bits per heavy atom. The van der Waals surface area contributed by atoms with E-state index in [2.05, 4.69) is 9.47 Å². The Balaban J connectivity index is 1.44. The summed E-state index contributed by atoms with van der Waals surface area (Å²) in [5, 5.41) is 0. The summed E-state index contributed by atoms with van der Waals surface area (Å²) in [6, 6.07) is 0. The van der Waals surface area contributed by atoms with Gasteiger partial charge in [-0.05, 0) is 86.9 Å². The van der Waals surface area contributed by atoms with Gasteiger partial charge in [-0.25, -0.2) is 9.59 Å². The molecule has 0 aromatic carbocycles. The van der Waals surface area contributed by atoms with Crippen molar-refractivity contribution in [3.8, 4) is 0 Å². The lowest BCUT2D eigenvalue weighted by molar-refractivity contribution is -0.349. The summed E-state index contributed by atoms with van der Waals surface area (Å²) >= 11 is 0. The minimum Gasteiger partial charge on any atom is -0.458 e. The van der Waals surface area contributed by atoms with Crippen LogP contribution in [0.5, 0.6) is 0 Å². The zero-order chi connectivity index (χ0) is 34.4. The molecule has 0 amide bonds. The van der Waals surface area contributed by atoms with Crippen molar-refractivity contribution in [1.82, 2.24) is 0 Å². The molecule has 4 fully saturated rings. The van der Waals surface area contributed by atoms with Gasteiger partial charge in [-0.15, -0.1) is 0 Å². The zero-order valence-electron chi connectivity index (χ0n) is 23.8. The predicted molar refractivity (Wildman–Crippen MR) is 123 cm³/mol. The second-order valence-corrected chi connectivity index (χ2v) is 13.3. The van der Waals surface area contributed by atoms with Crippen LogP contribution in [0.25, 0.3) is 0 Å². The van der Waals surface area contributed by atoms with Crippen LogP contribution in [0.15, 0.2) is 0 Å². The average molecular weight is 685 g/mol. The van der Waals surface area contributed by atoms with Gasteiger partial charge in [-0.1, -0.05) is 13.8 Å². The molecule has 0 spiro atoms. The molecule has 0 radical (unpaired) electrons. The largest absolute Gasteiger partial charge is 0.460 e. The first-order valence-corrected chi connectivity index (χ1v) is 14.2. The van der Waals surface area contributed by atoms with Crippen LogP contribution in [0.3, 0.4) is 0 Å². The van der Waals surface area contributed by atoms with Crippen LogP contribution in [0, 0.1) is 34.5 Å². The SMILES string of the molecule is C[C@]12CCC3C(CC[C@@H]4C[C@H](OC(=O)C(F)(F)C(F)(F)C(F)(F)F)CC[C@]34C)C1CC[C@H]2OC(=O)C(F)(F)C(F)(F)C(F)(F)F. The molecule has 4 nitrogen and oxygen atoms in total. The average Bonchev–Trinajstić information content (AvgIpc) is 3.23. The summed E-state index contributed by atoms with van der Waals surface area (Å²) in [4.78, 5) is 23.8. The predicted octanol–water partition coefficient (Wildman–Crippen LogP) is 8.52. The fraction of sp³-hybridized carbons (Fsp3) is 0.926. The van der Waals surface area contributed by atoms with Gasteiger partial charge in [-0.3, -0.25) is 0 Å². The number of carbonyl (C=O) groups is 2. The van der Waals surface area contributed by atoms with Crippen LogP contribution < -0.4 is 0 Å². The molecule has 4 aliphatic carbocycles. The maximum atomic E-state index is 14.0. The fourth-order valence-corrected chi connectivity index (χ4v) is 8.51. The van der Waals surface area contributed by atoms with E-state index < -0.39 is 71.0 Å². The third kappa shape index (κ3) is 5.35. The standard InChI is InChI=1S/C27H30F14O4/c1-20-9-7-13(44-18(42)22(28,29)24(32,33)26(36,37)38)11-12(20)3-4-14-15-5-6-17(21(15,2)10-8-16(14)20)45-19(43)23(30,31)25(34,35)27(39,40)41/h12-17H,3-11H2,1-2H3/t12-,13-,14?,15?,16?,17-,20+,21+/m1/s1. The van der Waals surface area contributed by atoms with Crippen LogP contribution >= 0.6 is 0 Å². The van der Waals surface area contributed by atoms with Gasteiger partial charge in [-0.2, -0.15) is 61.5 Å². The number of halogens is 14. The number of hydrogen-bond donors (Lipinski definition) is 0. The molecular weight excluding hydrogens is 654 g/mol. The first-order valence-electron chi connectivity index (χ1n) is 14.2. The quantitative estimate of drug-likeness (QED) is 0.208. The maximum Gasteiger partial charge on any atom is 0.460 e. The van der Waals surface area contributed by atoms with Crippen LogP contribution in [0.4, 0.5) is 61.5 Å². The van der Waals surface area contributed by atoms with Crippen LogP contribution in [-0.4, -0.2) is 60.2 Å². The highest BCUT2D eigenvalue weighted by Gasteiger charge is 2.78. The molecule has 0 aromatic rings. The van der Waals surface area contributed by atoms with Crippen LogP contribution in [0.1, 0.15) is 71.6 Å². The molecule has 0 bridgehead atoms. The Morgan fingerprint density at radius 3 is 1.56 bits per heavy atom. The van der Waals surface area contributed by atoms with Crippen molar-refractivity contribution in [3.63, 3.8) is 0 Å². The third-order valence-electron chi connectivity index (χ3n) is 11.1. The van der Waals surface area contributed by atoms with Gasteiger partial charge < -0.3 is 9.47 Å². The van der Waals surface area contributed by atoms with Gasteiger partial charge in [0.05, 0.1) is 0 Å². The Labute approximate surface area is 247 Å². The molecule has 0 saturated heterocycles. The lowest BCUT2D eigenvalue weighted by Gasteiger charge is -2.60. The lowest BCUT2D eigenvalue weighted by atomic mass is 9.45. The number of esters is 2. The smallest absolute Gasteiger partial charge is 0.458 e. The minimum atomic E-state index is -6.71. The Hall–Kier alpha value is -2.04. The van der Waals surface area contributed by atoms with Crippen LogP contribution in [-0.2, 0) is 19.1 Å². The second kappa shape index (κ2) is 10.7. The highest BCUT2D eigenvalue weighted by molar-refractivity contribution is 5.80. The molecule has 45 heavy (non-hydrogen) atoms. The summed E-state index contributed by atoms with van der Waals surface area (Å²) in [6.07, 6.45) is -14.6. The molecule has 260 valence electrons. The second-order valence-electron chi connectivity index (χ2n) is 13.3. The van der Waals surface area contributed by atoms with E-state index in [0.29, 0.717) is 19.3 Å². The molecule has 0 N–H and O–H groups in total. The first-order chi connectivity index (χ1) is 20.2. The summed E-state index contributed by atoms with van der Waals surface area (Å²) in [7, 11) is 0. The molecule has 8 atom stereocenters. The number of fused-ring (bicyclic) bond motifs is 5. The van der Waals surface area contributed by atoms with E-state index in [-0.39, 0.29) is 62.2 Å². The van der Waals surface area contributed by atoms with E-state index in [1.165, 1.54) is 0 Å². The number of alkyl halides is 14. The minimum absolute atomic E-state index is 0.0707. The van der Waals surface area contributed by atoms with Gasteiger partial charge in [0.1, 0.15) is 12.2 Å². The molecule has 18 heteroatoms. The van der Waals surface area contributed by atoms with Gasteiger partial charge >= 0.3 is 48.0 Å². The lowest BCUT2D eigenvalue weighted by Crippen LogP contribution is -2.58. The van der Waals surface area contributed by atoms with E-state index in [1.807, 2.05) is 6.92 Å². The number of hydrogen-bond acceptors (Lipinski definition) is 4. The Bertz CT molecular complexity index is 1170. The highest BCUT2D eigenvalue weighted by atomic mass is 19.4. The zero-order valence-corrected chi connectivity index (χ0v) is 23.8. The van der Waals surface area contributed by atoms with Crippen molar-refractivity contribution in [3.05, 3.63) is 0 Å². The summed E-state index contributed by atoms with van der Waals surface area (Å²) in [5.41, 5.74) is -1.59. The molecule has 4 saturated carbocycles. The number of ether oxygens (including phenoxy) is 2. The van der Waals surface area contributed by atoms with Gasteiger partial charge in [0.2, 0.25) is 0 Å². The van der Waals surface area contributed by atoms with Gasteiger partial charge in [0, 0.05) is 5.41 Å². The fourth-order valence-electron chi connectivity index (χ4n) is 8.51. The normalized spacial score (nSPS) is 36.4. The van der Waals surface area contributed by atoms with Crippen molar-refractivity contribution in [1.29, 1.82) is 0 Å². The van der Waals surface area contributed by atoms with Crippen molar-refractivity contribution in [2.75, 3.05) is 0 Å². The van der Waals surface area contributed by atoms with Crippen molar-refractivity contribution < 1.29 is 80.5 Å². The Morgan fingerprint density at radius 1 is 0.578 bits per heavy atom. The van der Waals surface area contributed by atoms with E-state index in [9.17, 15) is 71.1 Å². The summed E-state index contributed by atoms with van der Waals surface area (Å²) < 4.78 is 193. The maximum absolute atomic E-state index is 14.0. The van der Waals surface area contributed by atoms with Crippen molar-refractivity contribution in [2.24, 2.45) is 34.5 Å².